The maximum absolute atomic E-state index is 12.8. The first-order valence-corrected chi connectivity index (χ1v) is 6.13. The van der Waals surface area contributed by atoms with Gasteiger partial charge in [0.05, 0.1) is 6.10 Å². The molecule has 0 aliphatic heterocycles. The summed E-state index contributed by atoms with van der Waals surface area (Å²) >= 11 is 3.44. The van der Waals surface area contributed by atoms with Crippen molar-refractivity contribution < 1.29 is 9.50 Å². The molecule has 88 valence electrons. The van der Waals surface area contributed by atoms with Crippen LogP contribution in [0.3, 0.4) is 0 Å². The van der Waals surface area contributed by atoms with E-state index < -0.39 is 6.10 Å². The van der Waals surface area contributed by atoms with Crippen LogP contribution >= 0.6 is 15.9 Å². The normalized spacial score (nSPS) is 12.4. The van der Waals surface area contributed by atoms with Crippen LogP contribution in [-0.4, -0.2) is 5.11 Å². The minimum absolute atomic E-state index is 0.290. The summed E-state index contributed by atoms with van der Waals surface area (Å²) in [5.41, 5.74) is 1.76. The molecule has 2 rings (SSSR count). The van der Waals surface area contributed by atoms with E-state index in [9.17, 15) is 9.50 Å². The zero-order valence-corrected chi connectivity index (χ0v) is 10.7. The Balaban J connectivity index is 2.14. The highest BCUT2D eigenvalue weighted by Crippen LogP contribution is 2.23. The molecule has 0 radical (unpaired) electrons. The van der Waals surface area contributed by atoms with Crippen LogP contribution in [0.1, 0.15) is 17.2 Å². The van der Waals surface area contributed by atoms with Crippen LogP contribution < -0.4 is 0 Å². The van der Waals surface area contributed by atoms with Crippen molar-refractivity contribution in [3.05, 3.63) is 69.9 Å². The predicted molar refractivity (Wildman–Crippen MR) is 69.2 cm³/mol. The van der Waals surface area contributed by atoms with Crippen molar-refractivity contribution in [1.82, 2.24) is 0 Å². The first kappa shape index (κ1) is 12.3. The first-order valence-electron chi connectivity index (χ1n) is 5.34. The second-order valence-electron chi connectivity index (χ2n) is 3.86. The summed E-state index contributed by atoms with van der Waals surface area (Å²) in [5.74, 6) is -0.290. The second kappa shape index (κ2) is 5.43. The molecule has 3 heteroatoms. The lowest BCUT2D eigenvalue weighted by molar-refractivity contribution is 0.178. The highest BCUT2D eigenvalue weighted by atomic mass is 79.9. The van der Waals surface area contributed by atoms with Gasteiger partial charge in [-0.2, -0.15) is 0 Å². The number of halogens is 2. The van der Waals surface area contributed by atoms with E-state index in [2.05, 4.69) is 15.9 Å². The summed E-state index contributed by atoms with van der Waals surface area (Å²) in [6.45, 7) is 0. The lowest BCUT2D eigenvalue weighted by Crippen LogP contribution is -2.02. The molecular formula is C14H12BrFO. The van der Waals surface area contributed by atoms with Gasteiger partial charge in [-0.05, 0) is 29.3 Å². The van der Waals surface area contributed by atoms with Crippen molar-refractivity contribution in [3.63, 3.8) is 0 Å². The predicted octanol–water partition coefficient (Wildman–Crippen LogP) is 3.86. The van der Waals surface area contributed by atoms with E-state index in [4.69, 9.17) is 0 Å². The molecule has 0 aliphatic rings. The fourth-order valence-corrected chi connectivity index (χ4v) is 2.12. The number of hydrogen-bond acceptors (Lipinski definition) is 1. The highest BCUT2D eigenvalue weighted by Gasteiger charge is 2.10. The number of hydrogen-bond donors (Lipinski definition) is 1. The molecule has 2 aromatic rings. The van der Waals surface area contributed by atoms with Gasteiger partial charge in [-0.3, -0.25) is 0 Å². The third kappa shape index (κ3) is 3.14. The Kier molecular flexibility index (Phi) is 3.92. The monoisotopic (exact) mass is 294 g/mol. The van der Waals surface area contributed by atoms with E-state index in [-0.39, 0.29) is 5.82 Å². The van der Waals surface area contributed by atoms with E-state index >= 15 is 0 Å². The molecule has 0 heterocycles. The van der Waals surface area contributed by atoms with Gasteiger partial charge in [0, 0.05) is 10.9 Å². The topological polar surface area (TPSA) is 20.2 Å². The molecule has 1 nitrogen and oxygen atoms in total. The molecule has 17 heavy (non-hydrogen) atoms. The molecule has 0 amide bonds. The lowest BCUT2D eigenvalue weighted by Gasteiger charge is -2.12. The Morgan fingerprint density at radius 3 is 2.35 bits per heavy atom. The van der Waals surface area contributed by atoms with Crippen molar-refractivity contribution in [2.24, 2.45) is 0 Å². The molecule has 0 fully saturated rings. The molecule has 0 saturated heterocycles. The smallest absolute Gasteiger partial charge is 0.123 e. The quantitative estimate of drug-likeness (QED) is 0.911. The standard InChI is InChI=1S/C14H12BrFO/c15-13-4-2-1-3-11(13)9-14(17)10-5-7-12(16)8-6-10/h1-8,14,17H,9H2. The molecule has 1 atom stereocenters. The molecule has 2 aromatic carbocycles. The minimum atomic E-state index is -0.616. The van der Waals surface area contributed by atoms with Gasteiger partial charge in [-0.15, -0.1) is 0 Å². The van der Waals surface area contributed by atoms with Crippen molar-refractivity contribution in [2.75, 3.05) is 0 Å². The molecular weight excluding hydrogens is 283 g/mol. The van der Waals surface area contributed by atoms with Crippen LogP contribution in [0, 0.1) is 5.82 Å². The fraction of sp³-hybridized carbons (Fsp3) is 0.143. The van der Waals surface area contributed by atoms with Crippen molar-refractivity contribution in [1.29, 1.82) is 0 Å². The van der Waals surface area contributed by atoms with E-state index in [0.717, 1.165) is 15.6 Å². The zero-order chi connectivity index (χ0) is 12.3. The van der Waals surface area contributed by atoms with Crippen LogP contribution in [0.5, 0.6) is 0 Å². The van der Waals surface area contributed by atoms with Crippen LogP contribution in [-0.2, 0) is 6.42 Å². The number of aliphatic hydroxyl groups excluding tert-OH is 1. The Hall–Kier alpha value is -1.19. The summed E-state index contributed by atoms with van der Waals surface area (Å²) in [7, 11) is 0. The minimum Gasteiger partial charge on any atom is -0.388 e. The van der Waals surface area contributed by atoms with Crippen molar-refractivity contribution >= 4 is 15.9 Å². The number of rotatable bonds is 3. The van der Waals surface area contributed by atoms with Gasteiger partial charge in [0.2, 0.25) is 0 Å². The molecule has 0 aliphatic carbocycles. The maximum atomic E-state index is 12.8. The SMILES string of the molecule is OC(Cc1ccccc1Br)c1ccc(F)cc1. The van der Waals surface area contributed by atoms with E-state index in [1.54, 1.807) is 12.1 Å². The Morgan fingerprint density at radius 1 is 1.06 bits per heavy atom. The van der Waals surface area contributed by atoms with Crippen LogP contribution in [0.25, 0.3) is 0 Å². The van der Waals surface area contributed by atoms with Crippen molar-refractivity contribution in [2.45, 2.75) is 12.5 Å². The van der Waals surface area contributed by atoms with E-state index in [1.807, 2.05) is 24.3 Å². The Morgan fingerprint density at radius 2 is 1.71 bits per heavy atom. The third-order valence-corrected chi connectivity index (χ3v) is 3.40. The third-order valence-electron chi connectivity index (χ3n) is 2.63. The summed E-state index contributed by atoms with van der Waals surface area (Å²) in [4.78, 5) is 0. The van der Waals surface area contributed by atoms with Crippen LogP contribution in [0.4, 0.5) is 4.39 Å². The van der Waals surface area contributed by atoms with Gasteiger partial charge in [-0.25, -0.2) is 4.39 Å². The summed E-state index contributed by atoms with van der Waals surface area (Å²) in [6, 6.07) is 13.7. The molecule has 1 unspecified atom stereocenters. The van der Waals surface area contributed by atoms with Gasteiger partial charge in [0.25, 0.3) is 0 Å². The van der Waals surface area contributed by atoms with E-state index in [0.29, 0.717) is 6.42 Å². The number of aliphatic hydroxyl groups is 1. The van der Waals surface area contributed by atoms with Crippen LogP contribution in [0.15, 0.2) is 53.0 Å². The van der Waals surface area contributed by atoms with Gasteiger partial charge < -0.3 is 5.11 Å². The maximum Gasteiger partial charge on any atom is 0.123 e. The average molecular weight is 295 g/mol. The zero-order valence-electron chi connectivity index (χ0n) is 9.11. The summed E-state index contributed by atoms with van der Waals surface area (Å²) in [5, 5.41) is 10.0. The molecule has 0 bridgehead atoms. The molecule has 0 aromatic heterocycles. The van der Waals surface area contributed by atoms with Gasteiger partial charge in [-0.1, -0.05) is 46.3 Å². The van der Waals surface area contributed by atoms with Gasteiger partial charge >= 0.3 is 0 Å². The molecule has 0 saturated carbocycles. The van der Waals surface area contributed by atoms with Crippen molar-refractivity contribution in [3.8, 4) is 0 Å². The molecule has 1 N–H and O–H groups in total. The van der Waals surface area contributed by atoms with Crippen LogP contribution in [0.2, 0.25) is 0 Å². The highest BCUT2D eigenvalue weighted by molar-refractivity contribution is 9.10. The average Bonchev–Trinajstić information content (AvgIpc) is 2.33. The number of benzene rings is 2. The summed E-state index contributed by atoms with van der Waals surface area (Å²) in [6.07, 6.45) is -0.109. The second-order valence-corrected chi connectivity index (χ2v) is 4.72. The largest absolute Gasteiger partial charge is 0.388 e. The molecule has 0 spiro atoms. The Bertz CT molecular complexity index is 496. The van der Waals surface area contributed by atoms with Gasteiger partial charge in [0.15, 0.2) is 0 Å². The summed E-state index contributed by atoms with van der Waals surface area (Å²) < 4.78 is 13.7. The van der Waals surface area contributed by atoms with Gasteiger partial charge in [0.1, 0.15) is 5.82 Å². The lowest BCUT2D eigenvalue weighted by atomic mass is 10.0. The van der Waals surface area contributed by atoms with E-state index in [1.165, 1.54) is 12.1 Å². The first-order chi connectivity index (χ1) is 8.16. The Labute approximate surface area is 108 Å². The fourth-order valence-electron chi connectivity index (χ4n) is 1.68.